The summed E-state index contributed by atoms with van der Waals surface area (Å²) in [7, 11) is 3.17. The van der Waals surface area contributed by atoms with Crippen molar-refractivity contribution in [1.82, 2.24) is 5.32 Å². The normalized spacial score (nSPS) is 11.7. The maximum absolute atomic E-state index is 12.3. The van der Waals surface area contributed by atoms with E-state index < -0.39 is 0 Å². The summed E-state index contributed by atoms with van der Waals surface area (Å²) < 4.78 is 10.6. The van der Waals surface area contributed by atoms with Gasteiger partial charge in [-0.15, -0.1) is 0 Å². The summed E-state index contributed by atoms with van der Waals surface area (Å²) in [4.78, 5) is 12.3. The van der Waals surface area contributed by atoms with Crippen molar-refractivity contribution in [2.24, 2.45) is 0 Å². The Morgan fingerprint density at radius 3 is 2.42 bits per heavy atom. The van der Waals surface area contributed by atoms with Gasteiger partial charge in [0.25, 0.3) is 0 Å². The van der Waals surface area contributed by atoms with Crippen molar-refractivity contribution in [2.75, 3.05) is 14.2 Å². The standard InChI is InChI=1S/C19H23NO4/c1-12-9-17(23-3)18(24-4)11-15(12)13(2)20-19(22)10-14-7-5-6-8-16(14)21/h5-9,11,13,21H,10H2,1-4H3,(H,20,22)/t13-/m0/s1. The maximum Gasteiger partial charge on any atom is 0.225 e. The van der Waals surface area contributed by atoms with Gasteiger partial charge < -0.3 is 19.9 Å². The number of amides is 1. The highest BCUT2D eigenvalue weighted by molar-refractivity contribution is 5.79. The van der Waals surface area contributed by atoms with Crippen LogP contribution < -0.4 is 14.8 Å². The highest BCUT2D eigenvalue weighted by atomic mass is 16.5. The fourth-order valence-electron chi connectivity index (χ4n) is 2.67. The van der Waals surface area contributed by atoms with Crippen LogP contribution in [-0.4, -0.2) is 25.2 Å². The van der Waals surface area contributed by atoms with Crippen LogP contribution in [0.25, 0.3) is 0 Å². The molecule has 0 aliphatic heterocycles. The van der Waals surface area contributed by atoms with E-state index >= 15 is 0 Å². The largest absolute Gasteiger partial charge is 0.508 e. The molecule has 2 N–H and O–H groups in total. The van der Waals surface area contributed by atoms with Crippen LogP contribution in [0.1, 0.15) is 29.7 Å². The third-order valence-electron chi connectivity index (χ3n) is 3.96. The lowest BCUT2D eigenvalue weighted by Crippen LogP contribution is -2.28. The molecule has 2 aromatic carbocycles. The molecule has 0 saturated carbocycles. The van der Waals surface area contributed by atoms with E-state index in [0.717, 1.165) is 11.1 Å². The Morgan fingerprint density at radius 1 is 1.17 bits per heavy atom. The number of aryl methyl sites for hydroxylation is 1. The van der Waals surface area contributed by atoms with Gasteiger partial charge in [-0.25, -0.2) is 0 Å². The Hall–Kier alpha value is -2.69. The Labute approximate surface area is 142 Å². The zero-order valence-corrected chi connectivity index (χ0v) is 14.4. The first-order valence-corrected chi connectivity index (χ1v) is 7.75. The third kappa shape index (κ3) is 3.98. The highest BCUT2D eigenvalue weighted by Gasteiger charge is 2.16. The minimum Gasteiger partial charge on any atom is -0.508 e. The second-order valence-electron chi connectivity index (χ2n) is 5.66. The first-order valence-electron chi connectivity index (χ1n) is 7.75. The molecule has 0 unspecified atom stereocenters. The number of methoxy groups -OCH3 is 2. The monoisotopic (exact) mass is 329 g/mol. The summed E-state index contributed by atoms with van der Waals surface area (Å²) in [5.41, 5.74) is 2.56. The number of para-hydroxylation sites is 1. The molecular formula is C19H23NO4. The Balaban J connectivity index is 2.13. The number of nitrogens with one attached hydrogen (secondary N) is 1. The number of rotatable bonds is 6. The lowest BCUT2D eigenvalue weighted by molar-refractivity contribution is -0.121. The van der Waals surface area contributed by atoms with Gasteiger partial charge in [-0.1, -0.05) is 18.2 Å². The van der Waals surface area contributed by atoms with Crippen LogP contribution in [0.15, 0.2) is 36.4 Å². The van der Waals surface area contributed by atoms with E-state index in [0.29, 0.717) is 17.1 Å². The number of phenols is 1. The Morgan fingerprint density at radius 2 is 1.79 bits per heavy atom. The predicted molar refractivity (Wildman–Crippen MR) is 92.7 cm³/mol. The van der Waals surface area contributed by atoms with Crippen LogP contribution in [0.3, 0.4) is 0 Å². The highest BCUT2D eigenvalue weighted by Crippen LogP contribution is 2.32. The summed E-state index contributed by atoms with van der Waals surface area (Å²) in [5, 5.41) is 12.7. The molecule has 0 aliphatic carbocycles. The molecule has 0 fully saturated rings. The van der Waals surface area contributed by atoms with E-state index in [1.165, 1.54) is 0 Å². The van der Waals surface area contributed by atoms with Gasteiger partial charge in [-0.05, 0) is 43.2 Å². The number of carbonyl (C=O) groups is 1. The molecule has 1 atom stereocenters. The molecule has 24 heavy (non-hydrogen) atoms. The van der Waals surface area contributed by atoms with Gasteiger partial charge in [-0.2, -0.15) is 0 Å². The van der Waals surface area contributed by atoms with E-state index in [4.69, 9.17) is 9.47 Å². The van der Waals surface area contributed by atoms with Gasteiger partial charge in [0.15, 0.2) is 11.5 Å². The SMILES string of the molecule is COc1cc(C)c([C@H](C)NC(=O)Cc2ccccc2O)cc1OC. The molecule has 1 amide bonds. The van der Waals surface area contributed by atoms with E-state index in [9.17, 15) is 9.90 Å². The molecule has 2 rings (SSSR count). The smallest absolute Gasteiger partial charge is 0.225 e. The number of phenolic OH excluding ortho intramolecular Hbond substituents is 1. The average molecular weight is 329 g/mol. The molecule has 128 valence electrons. The summed E-state index contributed by atoms with van der Waals surface area (Å²) in [5.74, 6) is 1.26. The van der Waals surface area contributed by atoms with E-state index in [1.54, 1.807) is 38.5 Å². The van der Waals surface area contributed by atoms with Gasteiger partial charge >= 0.3 is 0 Å². The molecule has 0 bridgehead atoms. The zero-order chi connectivity index (χ0) is 17.7. The van der Waals surface area contributed by atoms with Crippen LogP contribution >= 0.6 is 0 Å². The van der Waals surface area contributed by atoms with Crippen molar-refractivity contribution in [3.05, 3.63) is 53.1 Å². The predicted octanol–water partition coefficient (Wildman–Crippen LogP) is 3.14. The van der Waals surface area contributed by atoms with Crippen molar-refractivity contribution in [1.29, 1.82) is 0 Å². The molecule has 0 heterocycles. The van der Waals surface area contributed by atoms with Crippen LogP contribution in [0.4, 0.5) is 0 Å². The minimum absolute atomic E-state index is 0.127. The second kappa shape index (κ2) is 7.73. The van der Waals surface area contributed by atoms with E-state index in [-0.39, 0.29) is 24.1 Å². The van der Waals surface area contributed by atoms with Crippen LogP contribution in [0.5, 0.6) is 17.2 Å². The molecule has 5 nitrogen and oxygen atoms in total. The maximum atomic E-state index is 12.3. The van der Waals surface area contributed by atoms with Gasteiger partial charge in [0.2, 0.25) is 5.91 Å². The summed E-state index contributed by atoms with van der Waals surface area (Å²) >= 11 is 0. The summed E-state index contributed by atoms with van der Waals surface area (Å²) in [6.07, 6.45) is 0.128. The molecule has 0 saturated heterocycles. The van der Waals surface area contributed by atoms with Crippen molar-refractivity contribution in [3.8, 4) is 17.2 Å². The van der Waals surface area contributed by atoms with Gasteiger partial charge in [0, 0.05) is 5.56 Å². The minimum atomic E-state index is -0.192. The lowest BCUT2D eigenvalue weighted by Gasteiger charge is -2.19. The van der Waals surface area contributed by atoms with Crippen LogP contribution in [-0.2, 0) is 11.2 Å². The number of ether oxygens (including phenoxy) is 2. The number of aromatic hydroxyl groups is 1. The Kier molecular flexibility index (Phi) is 5.68. The average Bonchev–Trinajstić information content (AvgIpc) is 2.56. The number of hydrogen-bond acceptors (Lipinski definition) is 4. The van der Waals surface area contributed by atoms with Gasteiger partial charge in [-0.3, -0.25) is 4.79 Å². The van der Waals surface area contributed by atoms with E-state index in [2.05, 4.69) is 5.32 Å². The Bertz CT molecular complexity index is 727. The van der Waals surface area contributed by atoms with Crippen molar-refractivity contribution < 1.29 is 19.4 Å². The molecule has 0 aliphatic rings. The number of carbonyl (C=O) groups excluding carboxylic acids is 1. The second-order valence-corrected chi connectivity index (χ2v) is 5.66. The quantitative estimate of drug-likeness (QED) is 0.854. The number of hydrogen-bond donors (Lipinski definition) is 2. The van der Waals surface area contributed by atoms with Crippen molar-refractivity contribution in [3.63, 3.8) is 0 Å². The lowest BCUT2D eigenvalue weighted by atomic mass is 10.0. The fraction of sp³-hybridized carbons (Fsp3) is 0.316. The number of benzene rings is 2. The first kappa shape index (κ1) is 17.7. The molecule has 0 radical (unpaired) electrons. The van der Waals surface area contributed by atoms with E-state index in [1.807, 2.05) is 26.0 Å². The molecule has 0 spiro atoms. The van der Waals surface area contributed by atoms with Crippen molar-refractivity contribution >= 4 is 5.91 Å². The van der Waals surface area contributed by atoms with Crippen LogP contribution in [0, 0.1) is 6.92 Å². The van der Waals surface area contributed by atoms with Crippen LogP contribution in [0.2, 0.25) is 0 Å². The molecular weight excluding hydrogens is 306 g/mol. The molecule has 0 aromatic heterocycles. The van der Waals surface area contributed by atoms with Gasteiger partial charge in [0.1, 0.15) is 5.75 Å². The third-order valence-corrected chi connectivity index (χ3v) is 3.96. The van der Waals surface area contributed by atoms with Crippen molar-refractivity contribution in [2.45, 2.75) is 26.3 Å². The summed E-state index contributed by atoms with van der Waals surface area (Å²) in [6, 6.07) is 10.4. The first-order chi connectivity index (χ1) is 11.5. The molecule has 2 aromatic rings. The topological polar surface area (TPSA) is 67.8 Å². The summed E-state index contributed by atoms with van der Waals surface area (Å²) in [6.45, 7) is 3.87. The molecule has 5 heteroatoms. The fourth-order valence-corrected chi connectivity index (χ4v) is 2.67. The zero-order valence-electron chi connectivity index (χ0n) is 14.4. The van der Waals surface area contributed by atoms with Gasteiger partial charge in [0.05, 0.1) is 26.7 Å².